The molecule has 2 heterocycles. The third kappa shape index (κ3) is 10.0. The molecule has 1 amide bonds. The number of aromatic nitrogens is 3. The van der Waals surface area contributed by atoms with Crippen molar-refractivity contribution < 1.29 is 33.3 Å². The molecule has 11 heteroatoms. The highest BCUT2D eigenvalue weighted by Crippen LogP contribution is 2.36. The monoisotopic (exact) mass is 740 g/mol. The van der Waals surface area contributed by atoms with E-state index in [1.807, 2.05) is 92.1 Å². The summed E-state index contributed by atoms with van der Waals surface area (Å²) in [5.74, 6) is -0.864. The first-order valence-electron chi connectivity index (χ1n) is 18.9. The summed E-state index contributed by atoms with van der Waals surface area (Å²) in [6.45, 7) is 21.8. The van der Waals surface area contributed by atoms with Gasteiger partial charge in [0.2, 0.25) is 0 Å². The van der Waals surface area contributed by atoms with Gasteiger partial charge < -0.3 is 23.8 Å². The van der Waals surface area contributed by atoms with Crippen LogP contribution < -0.4 is 0 Å². The normalized spacial score (nSPS) is 13.8. The Bertz CT molecular complexity index is 1980. The molecular formula is C43H56N4O7. The van der Waals surface area contributed by atoms with Gasteiger partial charge in [-0.15, -0.1) is 5.10 Å². The van der Waals surface area contributed by atoms with Crippen LogP contribution in [0.1, 0.15) is 122 Å². The molecule has 0 N–H and O–H groups in total. The van der Waals surface area contributed by atoms with E-state index in [9.17, 15) is 14.4 Å². The third-order valence-corrected chi connectivity index (χ3v) is 9.45. The van der Waals surface area contributed by atoms with Crippen LogP contribution >= 0.6 is 0 Å². The lowest BCUT2D eigenvalue weighted by Crippen LogP contribution is -2.39. The Labute approximate surface area is 319 Å². The zero-order valence-corrected chi connectivity index (χ0v) is 33.6. The zero-order chi connectivity index (χ0) is 39.4. The van der Waals surface area contributed by atoms with Gasteiger partial charge in [-0.05, 0) is 133 Å². The Morgan fingerprint density at radius 3 is 2.26 bits per heavy atom. The molecule has 1 aliphatic rings. The van der Waals surface area contributed by atoms with Gasteiger partial charge in [-0.2, -0.15) is 0 Å². The predicted molar refractivity (Wildman–Crippen MR) is 208 cm³/mol. The van der Waals surface area contributed by atoms with Crippen molar-refractivity contribution in [3.8, 4) is 0 Å². The fraction of sp³-hybridized carbons (Fsp3) is 0.512. The molecule has 54 heavy (non-hydrogen) atoms. The number of rotatable bonds is 12. The topological polar surface area (TPSA) is 122 Å². The number of carbonyl (C=O) groups is 3. The fourth-order valence-corrected chi connectivity index (χ4v) is 7.09. The lowest BCUT2D eigenvalue weighted by atomic mass is 9.83. The van der Waals surface area contributed by atoms with Gasteiger partial charge >= 0.3 is 18.0 Å². The van der Waals surface area contributed by atoms with Crippen molar-refractivity contribution in [3.05, 3.63) is 92.5 Å². The molecule has 11 nitrogen and oxygen atoms in total. The maximum absolute atomic E-state index is 13.0. The maximum Gasteiger partial charge on any atom is 0.410 e. The predicted octanol–water partition coefficient (Wildman–Crippen LogP) is 8.30. The molecule has 3 aromatic carbocycles. The Morgan fingerprint density at radius 2 is 1.59 bits per heavy atom. The highest BCUT2D eigenvalue weighted by atomic mass is 16.6. The molecule has 0 radical (unpaired) electrons. The van der Waals surface area contributed by atoms with Crippen LogP contribution in [-0.4, -0.2) is 68.9 Å². The number of nitrogens with zero attached hydrogens (tertiary/aromatic N) is 4. The molecule has 1 unspecified atom stereocenters. The Hall–Kier alpha value is -4.77. The van der Waals surface area contributed by atoms with Crippen molar-refractivity contribution in [1.29, 1.82) is 0 Å². The van der Waals surface area contributed by atoms with Crippen LogP contribution in [0, 0.1) is 20.8 Å². The first-order valence-corrected chi connectivity index (χ1v) is 18.9. The van der Waals surface area contributed by atoms with Crippen LogP contribution in [0.3, 0.4) is 0 Å². The molecule has 0 saturated heterocycles. The second-order valence-corrected chi connectivity index (χ2v) is 16.2. The average Bonchev–Trinajstić information content (AvgIpc) is 3.49. The van der Waals surface area contributed by atoms with Crippen molar-refractivity contribution in [1.82, 2.24) is 19.9 Å². The smallest absolute Gasteiger partial charge is 0.410 e. The van der Waals surface area contributed by atoms with Crippen LogP contribution in [0.15, 0.2) is 42.5 Å². The SMILES string of the molecule is CCOC(=O)CC(c1ccc2c(c1)CN(C(=O)OC(C)(C)C)CC2)c1ccc2c(nnn2CCCOCc2cc(C)c(C(=O)OC(C)(C)C)c(C)c2)c1C. The molecule has 0 saturated carbocycles. The van der Waals surface area contributed by atoms with E-state index in [-0.39, 0.29) is 30.4 Å². The maximum atomic E-state index is 13.0. The van der Waals surface area contributed by atoms with Gasteiger partial charge in [0.15, 0.2) is 0 Å². The van der Waals surface area contributed by atoms with Crippen LogP contribution in [0.2, 0.25) is 0 Å². The van der Waals surface area contributed by atoms with Crippen molar-refractivity contribution in [2.75, 3.05) is 19.8 Å². The summed E-state index contributed by atoms with van der Waals surface area (Å²) in [5, 5.41) is 9.05. The largest absolute Gasteiger partial charge is 0.466 e. The Morgan fingerprint density at radius 1 is 0.889 bits per heavy atom. The minimum absolute atomic E-state index is 0.170. The summed E-state index contributed by atoms with van der Waals surface area (Å²) in [7, 11) is 0. The van der Waals surface area contributed by atoms with E-state index >= 15 is 0 Å². The summed E-state index contributed by atoms with van der Waals surface area (Å²) in [6, 6.07) is 14.4. The summed E-state index contributed by atoms with van der Waals surface area (Å²) in [4.78, 5) is 40.3. The van der Waals surface area contributed by atoms with E-state index in [2.05, 4.69) is 34.6 Å². The summed E-state index contributed by atoms with van der Waals surface area (Å²) in [5.41, 5.74) is 9.06. The van der Waals surface area contributed by atoms with Gasteiger partial charge in [-0.1, -0.05) is 41.6 Å². The number of carbonyl (C=O) groups excluding carboxylic acids is 3. The van der Waals surface area contributed by atoms with E-state index < -0.39 is 11.2 Å². The zero-order valence-electron chi connectivity index (χ0n) is 33.6. The number of fused-ring (bicyclic) bond motifs is 2. The highest BCUT2D eigenvalue weighted by molar-refractivity contribution is 5.93. The van der Waals surface area contributed by atoms with Crippen LogP contribution in [0.4, 0.5) is 4.79 Å². The van der Waals surface area contributed by atoms with Crippen LogP contribution in [-0.2, 0) is 49.9 Å². The number of esters is 2. The molecule has 0 aliphatic carbocycles. The van der Waals surface area contributed by atoms with E-state index in [1.54, 1.807) is 4.90 Å². The van der Waals surface area contributed by atoms with Gasteiger partial charge in [-0.3, -0.25) is 4.79 Å². The Balaban J connectivity index is 1.28. The lowest BCUT2D eigenvalue weighted by molar-refractivity contribution is -0.143. The number of hydrogen-bond donors (Lipinski definition) is 0. The molecular weight excluding hydrogens is 684 g/mol. The molecule has 0 bridgehead atoms. The molecule has 1 aromatic heterocycles. The molecule has 290 valence electrons. The summed E-state index contributed by atoms with van der Waals surface area (Å²) in [6.07, 6.45) is 1.31. The number of benzene rings is 3. The van der Waals surface area contributed by atoms with Gasteiger partial charge in [0, 0.05) is 32.2 Å². The van der Waals surface area contributed by atoms with Crippen molar-refractivity contribution in [2.45, 2.75) is 125 Å². The molecule has 5 rings (SSSR count). The minimum Gasteiger partial charge on any atom is -0.466 e. The standard InChI is InChI=1S/C43H56N4O7/c1-11-52-37(48)24-35(32-14-13-31-17-19-46(25-33(31)23-32)41(50)54-43(8,9)10)34-15-16-36-39(29(34)4)44-45-47(36)18-12-20-51-26-30-21-27(2)38(28(3)22-30)40(49)53-42(5,6)7/h13-16,21-23,35H,11-12,17-20,24-26H2,1-10H3. The van der Waals surface area contributed by atoms with E-state index in [0.29, 0.717) is 45.0 Å². The number of amides is 1. The molecule has 4 aromatic rings. The van der Waals surface area contributed by atoms with Crippen LogP contribution in [0.5, 0.6) is 0 Å². The van der Waals surface area contributed by atoms with Gasteiger partial charge in [0.05, 0.1) is 30.7 Å². The lowest BCUT2D eigenvalue weighted by Gasteiger charge is -2.32. The first-order chi connectivity index (χ1) is 25.4. The number of ether oxygens (including phenoxy) is 4. The molecule has 1 aliphatic heterocycles. The second-order valence-electron chi connectivity index (χ2n) is 16.2. The van der Waals surface area contributed by atoms with E-state index in [4.69, 9.17) is 18.9 Å². The van der Waals surface area contributed by atoms with Crippen LogP contribution in [0.25, 0.3) is 11.0 Å². The highest BCUT2D eigenvalue weighted by Gasteiger charge is 2.28. The van der Waals surface area contributed by atoms with E-state index in [0.717, 1.165) is 62.8 Å². The van der Waals surface area contributed by atoms with Gasteiger partial charge in [0.25, 0.3) is 0 Å². The van der Waals surface area contributed by atoms with E-state index in [1.165, 1.54) is 5.56 Å². The molecule has 1 atom stereocenters. The van der Waals surface area contributed by atoms with Crippen molar-refractivity contribution >= 4 is 29.1 Å². The third-order valence-electron chi connectivity index (χ3n) is 9.45. The summed E-state index contributed by atoms with van der Waals surface area (Å²) < 4.78 is 24.6. The summed E-state index contributed by atoms with van der Waals surface area (Å²) >= 11 is 0. The first kappa shape index (κ1) is 40.4. The average molecular weight is 741 g/mol. The number of hydrogen-bond acceptors (Lipinski definition) is 9. The number of aryl methyl sites for hydroxylation is 4. The van der Waals surface area contributed by atoms with Crippen molar-refractivity contribution in [2.24, 2.45) is 0 Å². The molecule has 0 fully saturated rings. The molecule has 0 spiro atoms. The van der Waals surface area contributed by atoms with Gasteiger partial charge in [0.1, 0.15) is 16.7 Å². The quantitative estimate of drug-likeness (QED) is 0.0802. The fourth-order valence-electron chi connectivity index (χ4n) is 7.09. The van der Waals surface area contributed by atoms with Crippen molar-refractivity contribution in [3.63, 3.8) is 0 Å². The second kappa shape index (κ2) is 16.7. The Kier molecular flexibility index (Phi) is 12.5. The minimum atomic E-state index is -0.575. The van der Waals surface area contributed by atoms with Gasteiger partial charge in [-0.25, -0.2) is 14.3 Å².